The first kappa shape index (κ1) is 23.4. The van der Waals surface area contributed by atoms with Gasteiger partial charge >= 0.3 is 0 Å². The minimum Gasteiger partial charge on any atom is -0.391 e. The number of thioether (sulfide) groups is 1. The first-order valence-electron chi connectivity index (χ1n) is 11.0. The smallest absolute Gasteiger partial charge is 0.272 e. The van der Waals surface area contributed by atoms with Crippen LogP contribution < -0.4 is 5.32 Å². The largest absolute Gasteiger partial charge is 0.391 e. The van der Waals surface area contributed by atoms with Gasteiger partial charge in [0.15, 0.2) is 5.69 Å². The summed E-state index contributed by atoms with van der Waals surface area (Å²) in [7, 11) is 0. The fraction of sp³-hybridized carbons (Fsp3) is 0.280. The Morgan fingerprint density at radius 2 is 1.97 bits per heavy atom. The van der Waals surface area contributed by atoms with E-state index < -0.39 is 6.10 Å². The molecule has 2 aromatic carbocycles. The number of carbonyl (C=O) groups is 1. The molecule has 2 N–H and O–H groups in total. The van der Waals surface area contributed by atoms with Crippen LogP contribution in [0.1, 0.15) is 46.6 Å². The van der Waals surface area contributed by atoms with Gasteiger partial charge in [-0.25, -0.2) is 9.07 Å². The molecule has 9 heteroatoms. The zero-order valence-electron chi connectivity index (χ0n) is 18.1. The highest BCUT2D eigenvalue weighted by Crippen LogP contribution is 2.39. The molecule has 1 amide bonds. The highest BCUT2D eigenvalue weighted by atomic mass is 35.5. The summed E-state index contributed by atoms with van der Waals surface area (Å²) in [5, 5.41) is 18.8. The number of amides is 1. The first-order chi connectivity index (χ1) is 16.4. The molecule has 34 heavy (non-hydrogen) atoms. The predicted octanol–water partition coefficient (Wildman–Crippen LogP) is 5.75. The zero-order chi connectivity index (χ0) is 23.8. The number of aromatic nitrogens is 2. The molecule has 0 bridgehead atoms. The number of fused-ring (bicyclic) bond motifs is 1. The molecule has 176 valence electrons. The molecule has 0 unspecified atom stereocenters. The summed E-state index contributed by atoms with van der Waals surface area (Å²) < 4.78 is 15.1. The monoisotopic (exact) mass is 517 g/mol. The quantitative estimate of drug-likeness (QED) is 0.462. The minimum atomic E-state index is -0.545. The minimum absolute atomic E-state index is 0.280. The van der Waals surface area contributed by atoms with Crippen molar-refractivity contribution in [2.45, 2.75) is 37.2 Å². The summed E-state index contributed by atoms with van der Waals surface area (Å²) >= 11 is 14.3. The van der Waals surface area contributed by atoms with E-state index in [1.165, 1.54) is 12.1 Å². The number of halogens is 3. The molecule has 5 nitrogen and oxygen atoms in total. The summed E-state index contributed by atoms with van der Waals surface area (Å²) in [4.78, 5) is 13.3. The van der Waals surface area contributed by atoms with Crippen LogP contribution in [0.15, 0.2) is 42.5 Å². The molecule has 2 heterocycles. The number of aliphatic hydroxyl groups is 1. The lowest BCUT2D eigenvalue weighted by atomic mass is 10.0. The molecular formula is C25H22Cl2FN3O2S. The van der Waals surface area contributed by atoms with Crippen molar-refractivity contribution in [1.82, 2.24) is 15.1 Å². The fourth-order valence-corrected chi connectivity index (χ4v) is 5.98. The van der Waals surface area contributed by atoms with Gasteiger partial charge in [-0.3, -0.25) is 4.79 Å². The zero-order valence-corrected chi connectivity index (χ0v) is 20.4. The summed E-state index contributed by atoms with van der Waals surface area (Å²) in [5.74, 6) is 0.697. The molecule has 0 radical (unpaired) electrons. The van der Waals surface area contributed by atoms with Crippen molar-refractivity contribution < 1.29 is 14.3 Å². The number of nitrogens with one attached hydrogen (secondary N) is 1. The van der Waals surface area contributed by atoms with Crippen molar-refractivity contribution in [3.8, 4) is 5.69 Å². The van der Waals surface area contributed by atoms with Gasteiger partial charge in [-0.05, 0) is 66.8 Å². The van der Waals surface area contributed by atoms with Crippen LogP contribution in [-0.4, -0.2) is 38.7 Å². The molecule has 0 spiro atoms. The Hall–Kier alpha value is -2.32. The first-order valence-corrected chi connectivity index (χ1v) is 12.9. The van der Waals surface area contributed by atoms with Gasteiger partial charge in [0.05, 0.1) is 28.5 Å². The molecule has 5 rings (SSSR count). The lowest BCUT2D eigenvalue weighted by molar-refractivity contribution is 0.0867. The molecule has 2 atom stereocenters. The molecule has 0 saturated heterocycles. The molecule has 1 aliphatic carbocycles. The fourth-order valence-electron chi connectivity index (χ4n) is 4.47. The number of carbonyl (C=O) groups excluding carboxylic acids is 1. The number of benzene rings is 2. The number of rotatable bonds is 4. The Balaban J connectivity index is 1.63. The van der Waals surface area contributed by atoms with Crippen LogP contribution in [0.5, 0.6) is 0 Å². The second-order valence-electron chi connectivity index (χ2n) is 8.48. The summed E-state index contributed by atoms with van der Waals surface area (Å²) in [6.07, 6.45) is 3.73. The second kappa shape index (κ2) is 9.74. The highest BCUT2D eigenvalue weighted by molar-refractivity contribution is 7.99. The van der Waals surface area contributed by atoms with E-state index in [0.29, 0.717) is 39.4 Å². The molecule has 3 aromatic rings. The third-order valence-corrected chi connectivity index (χ3v) is 7.70. The molecular weight excluding hydrogens is 496 g/mol. The topological polar surface area (TPSA) is 67.2 Å². The van der Waals surface area contributed by atoms with Crippen molar-refractivity contribution in [2.75, 3.05) is 5.75 Å². The van der Waals surface area contributed by atoms with E-state index in [1.807, 2.05) is 6.08 Å². The number of nitrogens with zero attached hydrogens (tertiary/aromatic N) is 2. The molecule has 2 aliphatic rings. The van der Waals surface area contributed by atoms with Crippen molar-refractivity contribution in [3.05, 3.63) is 80.8 Å². The standard InChI is InChI=1S/C25H22Cl2FN3O2S/c26-16-6-9-21(19(27)11-16)31-24-15(10-14-4-7-17(28)8-5-14)12-34-13-18(24)23(30-31)25(33)29-20-2-1-3-22(20)32/h4-11,20,22,32H,1-3,12-13H2,(H,29,33)/b15-10+/t20-,22-/m1/s1. The van der Waals surface area contributed by atoms with Crippen molar-refractivity contribution >= 4 is 52.5 Å². The maximum atomic E-state index is 13.4. The molecule has 1 fully saturated rings. The van der Waals surface area contributed by atoms with Crippen LogP contribution in [0.3, 0.4) is 0 Å². The van der Waals surface area contributed by atoms with E-state index in [9.17, 15) is 14.3 Å². The lowest BCUT2D eigenvalue weighted by Gasteiger charge is -2.19. The average Bonchev–Trinajstić information content (AvgIpc) is 3.39. The van der Waals surface area contributed by atoms with Crippen LogP contribution in [-0.2, 0) is 5.75 Å². The summed E-state index contributed by atoms with van der Waals surface area (Å²) in [6, 6.07) is 11.1. The van der Waals surface area contributed by atoms with Crippen LogP contribution in [0.4, 0.5) is 4.39 Å². The van der Waals surface area contributed by atoms with Gasteiger partial charge in [-0.15, -0.1) is 0 Å². The van der Waals surface area contributed by atoms with Gasteiger partial charge < -0.3 is 10.4 Å². The third-order valence-electron chi connectivity index (χ3n) is 6.15. The Morgan fingerprint density at radius 3 is 2.68 bits per heavy atom. The Morgan fingerprint density at radius 1 is 1.18 bits per heavy atom. The highest BCUT2D eigenvalue weighted by Gasteiger charge is 2.32. The molecule has 1 aromatic heterocycles. The van der Waals surface area contributed by atoms with Gasteiger partial charge in [-0.2, -0.15) is 16.9 Å². The molecule has 1 aliphatic heterocycles. The maximum absolute atomic E-state index is 13.4. The van der Waals surface area contributed by atoms with Gasteiger partial charge in [0, 0.05) is 22.1 Å². The SMILES string of the molecule is O=C(N[C@@H]1CCC[C@H]1O)c1nn(-c2ccc(Cl)cc2Cl)c2c1CSC/C2=C\c1ccc(F)cc1. The van der Waals surface area contributed by atoms with Crippen LogP contribution in [0, 0.1) is 5.82 Å². The van der Waals surface area contributed by atoms with Crippen LogP contribution >= 0.6 is 35.0 Å². The number of aliphatic hydroxyl groups excluding tert-OH is 1. The summed E-state index contributed by atoms with van der Waals surface area (Å²) in [6.45, 7) is 0. The summed E-state index contributed by atoms with van der Waals surface area (Å²) in [5.41, 5.74) is 4.33. The number of hydrogen-bond donors (Lipinski definition) is 2. The van der Waals surface area contributed by atoms with E-state index in [0.717, 1.165) is 35.2 Å². The number of hydrogen-bond acceptors (Lipinski definition) is 4. The van der Waals surface area contributed by atoms with Crippen molar-refractivity contribution in [2.24, 2.45) is 0 Å². The van der Waals surface area contributed by atoms with Gasteiger partial charge in [-0.1, -0.05) is 35.3 Å². The van der Waals surface area contributed by atoms with Crippen molar-refractivity contribution in [1.29, 1.82) is 0 Å². The predicted molar refractivity (Wildman–Crippen MR) is 135 cm³/mol. The Labute approximate surface area is 211 Å². The average molecular weight is 518 g/mol. The van der Waals surface area contributed by atoms with Crippen LogP contribution in [0.2, 0.25) is 10.0 Å². The lowest BCUT2D eigenvalue weighted by Crippen LogP contribution is -2.40. The van der Waals surface area contributed by atoms with Crippen LogP contribution in [0.25, 0.3) is 17.3 Å². The maximum Gasteiger partial charge on any atom is 0.272 e. The van der Waals surface area contributed by atoms with Gasteiger partial charge in [0.2, 0.25) is 0 Å². The molecule has 1 saturated carbocycles. The van der Waals surface area contributed by atoms with Gasteiger partial charge in [0.1, 0.15) is 5.82 Å². The normalized spacial score (nSPS) is 21.0. The van der Waals surface area contributed by atoms with E-state index in [2.05, 4.69) is 5.32 Å². The van der Waals surface area contributed by atoms with Crippen molar-refractivity contribution in [3.63, 3.8) is 0 Å². The van der Waals surface area contributed by atoms with E-state index in [4.69, 9.17) is 28.3 Å². The van der Waals surface area contributed by atoms with E-state index >= 15 is 0 Å². The third kappa shape index (κ3) is 4.62. The van der Waals surface area contributed by atoms with Gasteiger partial charge in [0.25, 0.3) is 5.91 Å². The Bertz CT molecular complexity index is 1280. The Kier molecular flexibility index (Phi) is 6.71. The second-order valence-corrected chi connectivity index (χ2v) is 10.3. The van der Waals surface area contributed by atoms with E-state index in [1.54, 1.807) is 46.8 Å². The van der Waals surface area contributed by atoms with E-state index in [-0.39, 0.29) is 17.8 Å².